The van der Waals surface area contributed by atoms with Gasteiger partial charge in [-0.3, -0.25) is 9.52 Å². The van der Waals surface area contributed by atoms with Crippen LogP contribution in [0.15, 0.2) is 71.6 Å². The predicted molar refractivity (Wildman–Crippen MR) is 113 cm³/mol. The molecule has 0 atom stereocenters. The van der Waals surface area contributed by atoms with Crippen LogP contribution in [0.4, 0.5) is 11.4 Å². The number of carbonyl (C=O) groups excluding carboxylic acids is 1. The molecule has 0 spiro atoms. The zero-order valence-corrected chi connectivity index (χ0v) is 16.9. The fourth-order valence-corrected chi connectivity index (χ4v) is 4.33. The lowest BCUT2D eigenvalue weighted by Crippen LogP contribution is -2.17. The Hall–Kier alpha value is -2.83. The van der Waals surface area contributed by atoms with E-state index in [-0.39, 0.29) is 16.5 Å². The van der Waals surface area contributed by atoms with Gasteiger partial charge in [-0.1, -0.05) is 48.0 Å². The number of hydrogen-bond acceptors (Lipinski definition) is 3. The number of halogens is 1. The van der Waals surface area contributed by atoms with E-state index in [0.717, 1.165) is 5.56 Å². The lowest BCUT2D eigenvalue weighted by atomic mass is 10.1. The molecule has 28 heavy (non-hydrogen) atoms. The van der Waals surface area contributed by atoms with E-state index in [1.54, 1.807) is 55.5 Å². The summed E-state index contributed by atoms with van der Waals surface area (Å²) in [6.45, 7) is 3.53. The van der Waals surface area contributed by atoms with Gasteiger partial charge in [0, 0.05) is 11.3 Å². The number of aryl methyl sites for hydroxylation is 2. The molecule has 3 aromatic carbocycles. The number of rotatable bonds is 5. The summed E-state index contributed by atoms with van der Waals surface area (Å²) < 4.78 is 28.2. The number of anilines is 2. The maximum atomic E-state index is 12.9. The van der Waals surface area contributed by atoms with Crippen molar-refractivity contribution in [3.8, 4) is 0 Å². The summed E-state index contributed by atoms with van der Waals surface area (Å²) in [5.41, 5.74) is 2.59. The number of hydrogen-bond donors (Lipinski definition) is 2. The minimum Gasteiger partial charge on any atom is -0.322 e. The van der Waals surface area contributed by atoms with Gasteiger partial charge in [0.2, 0.25) is 0 Å². The summed E-state index contributed by atoms with van der Waals surface area (Å²) in [5, 5.41) is 3.06. The van der Waals surface area contributed by atoms with Crippen LogP contribution in [-0.2, 0) is 10.0 Å². The SMILES string of the molecule is Cc1ccccc1C(=O)Nc1ccc(C)c(S(=O)(=O)Nc2ccccc2Cl)c1. The zero-order chi connectivity index (χ0) is 20.3. The molecule has 0 saturated heterocycles. The Morgan fingerprint density at radius 1 is 0.893 bits per heavy atom. The fourth-order valence-electron chi connectivity index (χ4n) is 2.74. The van der Waals surface area contributed by atoms with Gasteiger partial charge in [-0.2, -0.15) is 0 Å². The fraction of sp³-hybridized carbons (Fsp3) is 0.0952. The van der Waals surface area contributed by atoms with Crippen LogP contribution < -0.4 is 10.0 Å². The highest BCUT2D eigenvalue weighted by atomic mass is 35.5. The molecule has 0 bridgehead atoms. The first-order chi connectivity index (χ1) is 13.3. The predicted octanol–water partition coefficient (Wildman–Crippen LogP) is 5.01. The van der Waals surface area contributed by atoms with Crippen molar-refractivity contribution in [3.63, 3.8) is 0 Å². The normalized spacial score (nSPS) is 11.1. The Balaban J connectivity index is 1.90. The third-order valence-corrected chi connectivity index (χ3v) is 6.08. The first-order valence-corrected chi connectivity index (χ1v) is 10.4. The third-order valence-electron chi connectivity index (χ3n) is 4.24. The Morgan fingerprint density at radius 3 is 2.29 bits per heavy atom. The monoisotopic (exact) mass is 414 g/mol. The molecule has 0 aromatic heterocycles. The second-order valence-corrected chi connectivity index (χ2v) is 8.39. The molecule has 2 N–H and O–H groups in total. The Morgan fingerprint density at radius 2 is 1.57 bits per heavy atom. The zero-order valence-electron chi connectivity index (χ0n) is 15.4. The molecule has 3 aromatic rings. The minimum absolute atomic E-state index is 0.0648. The van der Waals surface area contributed by atoms with Crippen LogP contribution in [-0.4, -0.2) is 14.3 Å². The Bertz CT molecular complexity index is 1140. The van der Waals surface area contributed by atoms with Crippen LogP contribution in [0, 0.1) is 13.8 Å². The van der Waals surface area contributed by atoms with Gasteiger partial charge in [-0.05, 0) is 55.3 Å². The lowest BCUT2D eigenvalue weighted by molar-refractivity contribution is 0.102. The summed E-state index contributed by atoms with van der Waals surface area (Å²) in [6, 6.07) is 18.5. The van der Waals surface area contributed by atoms with Gasteiger partial charge >= 0.3 is 0 Å². The minimum atomic E-state index is -3.88. The number of benzene rings is 3. The maximum Gasteiger partial charge on any atom is 0.262 e. The average molecular weight is 415 g/mol. The van der Waals surface area contributed by atoms with Gasteiger partial charge in [0.15, 0.2) is 0 Å². The molecule has 0 saturated carbocycles. The molecule has 1 amide bonds. The molecule has 3 rings (SSSR count). The molecule has 0 radical (unpaired) electrons. The smallest absolute Gasteiger partial charge is 0.262 e. The molecule has 7 heteroatoms. The second-order valence-electron chi connectivity index (χ2n) is 6.33. The number of amides is 1. The summed E-state index contributed by atoms with van der Waals surface area (Å²) in [6.07, 6.45) is 0. The Labute approximate surface area is 169 Å². The maximum absolute atomic E-state index is 12.9. The van der Waals surface area contributed by atoms with Crippen molar-refractivity contribution in [3.05, 3.63) is 88.4 Å². The highest BCUT2D eigenvalue weighted by molar-refractivity contribution is 7.92. The summed E-state index contributed by atoms with van der Waals surface area (Å²) >= 11 is 6.06. The van der Waals surface area contributed by atoms with E-state index < -0.39 is 10.0 Å². The molecule has 0 heterocycles. The molecule has 0 fully saturated rings. The van der Waals surface area contributed by atoms with Crippen molar-refractivity contribution < 1.29 is 13.2 Å². The molecule has 0 aliphatic rings. The highest BCUT2D eigenvalue weighted by Gasteiger charge is 2.19. The summed E-state index contributed by atoms with van der Waals surface area (Å²) in [5.74, 6) is -0.302. The molecule has 0 aliphatic carbocycles. The van der Waals surface area contributed by atoms with E-state index in [2.05, 4.69) is 10.0 Å². The van der Waals surface area contributed by atoms with Gasteiger partial charge in [0.1, 0.15) is 0 Å². The molecule has 144 valence electrons. The quantitative estimate of drug-likeness (QED) is 0.616. The van der Waals surface area contributed by atoms with E-state index in [9.17, 15) is 13.2 Å². The van der Waals surface area contributed by atoms with Crippen molar-refractivity contribution in [2.75, 3.05) is 10.0 Å². The van der Waals surface area contributed by atoms with E-state index in [4.69, 9.17) is 11.6 Å². The highest BCUT2D eigenvalue weighted by Crippen LogP contribution is 2.27. The average Bonchev–Trinajstić information content (AvgIpc) is 2.65. The van der Waals surface area contributed by atoms with E-state index in [0.29, 0.717) is 21.8 Å². The molecule has 0 unspecified atom stereocenters. The number of nitrogens with one attached hydrogen (secondary N) is 2. The van der Waals surface area contributed by atoms with E-state index >= 15 is 0 Å². The van der Waals surface area contributed by atoms with Crippen LogP contribution in [0.2, 0.25) is 5.02 Å². The topological polar surface area (TPSA) is 75.3 Å². The molecular weight excluding hydrogens is 396 g/mol. The van der Waals surface area contributed by atoms with Crippen LogP contribution in [0.5, 0.6) is 0 Å². The number of sulfonamides is 1. The van der Waals surface area contributed by atoms with Gasteiger partial charge in [-0.25, -0.2) is 8.42 Å². The van der Waals surface area contributed by atoms with Crippen LogP contribution in [0.25, 0.3) is 0 Å². The van der Waals surface area contributed by atoms with Gasteiger partial charge in [-0.15, -0.1) is 0 Å². The standard InChI is InChI=1S/C21H19ClN2O3S/c1-14-7-3-4-8-17(14)21(25)23-16-12-11-15(2)20(13-16)28(26,27)24-19-10-6-5-9-18(19)22/h3-13,24H,1-2H3,(H,23,25). The van der Waals surface area contributed by atoms with Gasteiger partial charge < -0.3 is 5.32 Å². The summed E-state index contributed by atoms with van der Waals surface area (Å²) in [4.78, 5) is 12.6. The second kappa shape index (κ2) is 8.04. The van der Waals surface area contributed by atoms with Crippen molar-refractivity contribution in [2.24, 2.45) is 0 Å². The van der Waals surface area contributed by atoms with E-state index in [1.807, 2.05) is 19.1 Å². The molecular formula is C21H19ClN2O3S. The van der Waals surface area contributed by atoms with E-state index in [1.165, 1.54) is 6.07 Å². The number of para-hydroxylation sites is 1. The molecule has 5 nitrogen and oxygen atoms in total. The van der Waals surface area contributed by atoms with Crippen LogP contribution in [0.3, 0.4) is 0 Å². The van der Waals surface area contributed by atoms with Crippen molar-refractivity contribution in [1.82, 2.24) is 0 Å². The van der Waals surface area contributed by atoms with Crippen molar-refractivity contribution >= 4 is 38.9 Å². The first kappa shape index (κ1) is 19.9. The first-order valence-electron chi connectivity index (χ1n) is 8.53. The van der Waals surface area contributed by atoms with Crippen molar-refractivity contribution in [2.45, 2.75) is 18.7 Å². The van der Waals surface area contributed by atoms with Crippen molar-refractivity contribution in [1.29, 1.82) is 0 Å². The largest absolute Gasteiger partial charge is 0.322 e. The molecule has 0 aliphatic heterocycles. The van der Waals surface area contributed by atoms with Crippen LogP contribution >= 0.6 is 11.6 Å². The Kier molecular flexibility index (Phi) is 5.72. The third kappa shape index (κ3) is 4.35. The lowest BCUT2D eigenvalue weighted by Gasteiger charge is -2.14. The van der Waals surface area contributed by atoms with Crippen LogP contribution in [0.1, 0.15) is 21.5 Å². The van der Waals surface area contributed by atoms with Gasteiger partial charge in [0.25, 0.3) is 15.9 Å². The number of carbonyl (C=O) groups is 1. The summed E-state index contributed by atoms with van der Waals surface area (Å²) in [7, 11) is -3.88. The van der Waals surface area contributed by atoms with Gasteiger partial charge in [0.05, 0.1) is 15.6 Å².